The van der Waals surface area contributed by atoms with Crippen LogP contribution in [0.4, 0.5) is 11.4 Å². The van der Waals surface area contributed by atoms with Crippen LogP contribution in [0.2, 0.25) is 0 Å². The molecule has 0 saturated carbocycles. The molecule has 1 atom stereocenters. The van der Waals surface area contributed by atoms with Crippen LogP contribution in [0.3, 0.4) is 0 Å². The van der Waals surface area contributed by atoms with Crippen molar-refractivity contribution in [1.82, 2.24) is 20.0 Å². The molecule has 45 heavy (non-hydrogen) atoms. The second-order valence-electron chi connectivity index (χ2n) is 12.2. The van der Waals surface area contributed by atoms with Crippen molar-refractivity contribution in [3.05, 3.63) is 96.1 Å². The normalized spacial score (nSPS) is 20.0. The summed E-state index contributed by atoms with van der Waals surface area (Å²) in [7, 11) is 2.06. The largest absolute Gasteiger partial charge is 0.378 e. The van der Waals surface area contributed by atoms with Crippen LogP contribution < -0.4 is 15.5 Å². The average molecular weight is 627 g/mol. The van der Waals surface area contributed by atoms with Gasteiger partial charge in [-0.2, -0.15) is 0 Å². The fraction of sp³-hybridized carbons (Fsp3) is 0.400. The molecule has 0 aliphatic carbocycles. The molecule has 3 saturated heterocycles. The third-order valence-corrected chi connectivity index (χ3v) is 9.63. The zero-order valence-corrected chi connectivity index (χ0v) is 26.7. The molecule has 0 spiro atoms. The smallest absolute Gasteiger partial charge is 0.250 e. The second-order valence-corrected chi connectivity index (χ2v) is 12.6. The Labute approximate surface area is 271 Å². The Morgan fingerprint density at radius 2 is 1.58 bits per heavy atom. The number of nitrogens with one attached hydrogen (secondary N) is 2. The standard InChI is InChI=1S/C35H42N6O3S/c1-38-18-16-35(17-19-38,33(43)36-29-12-14-30(15-13-29)39-20-22-44-23-21-39)41(24-27-8-4-2-5-9-27)32(42)26-40-25-31(37-34(40)45)28-10-6-3-7-11-28/h2-15,31H,16-26H2,1H3,(H,36,43)(H,37,45)/t31-/m1/s1. The maximum atomic E-state index is 14.5. The van der Waals surface area contributed by atoms with Crippen LogP contribution in [0.25, 0.3) is 0 Å². The lowest BCUT2D eigenvalue weighted by Gasteiger charge is -2.47. The molecule has 3 aromatic rings. The van der Waals surface area contributed by atoms with Crippen molar-refractivity contribution in [2.24, 2.45) is 0 Å². The van der Waals surface area contributed by atoms with Gasteiger partial charge < -0.3 is 35.0 Å². The van der Waals surface area contributed by atoms with E-state index in [1.165, 1.54) is 0 Å². The molecule has 6 rings (SSSR count). The van der Waals surface area contributed by atoms with Crippen molar-refractivity contribution in [2.45, 2.75) is 31.0 Å². The predicted octanol–water partition coefficient (Wildman–Crippen LogP) is 3.89. The summed E-state index contributed by atoms with van der Waals surface area (Å²) in [5, 5.41) is 7.14. The van der Waals surface area contributed by atoms with Crippen LogP contribution in [0.5, 0.6) is 0 Å². The number of hydrogen-bond donors (Lipinski definition) is 2. The minimum Gasteiger partial charge on any atom is -0.378 e. The number of amides is 2. The van der Waals surface area contributed by atoms with Crippen molar-refractivity contribution in [1.29, 1.82) is 0 Å². The molecule has 3 aliphatic heterocycles. The van der Waals surface area contributed by atoms with Crippen LogP contribution in [-0.2, 0) is 20.9 Å². The average Bonchev–Trinajstić information content (AvgIpc) is 3.45. The molecule has 0 aromatic heterocycles. The number of ether oxygens (including phenoxy) is 1. The van der Waals surface area contributed by atoms with Crippen molar-refractivity contribution >= 4 is 40.5 Å². The molecule has 0 unspecified atom stereocenters. The lowest BCUT2D eigenvalue weighted by atomic mass is 9.83. The van der Waals surface area contributed by atoms with Gasteiger partial charge in [0.25, 0.3) is 0 Å². The number of morpholine rings is 1. The highest BCUT2D eigenvalue weighted by Crippen LogP contribution is 2.33. The molecule has 2 N–H and O–H groups in total. The maximum absolute atomic E-state index is 14.5. The van der Waals surface area contributed by atoms with Crippen LogP contribution in [-0.4, -0.2) is 96.7 Å². The van der Waals surface area contributed by atoms with E-state index in [1.807, 2.05) is 82.6 Å². The first-order valence-corrected chi connectivity index (χ1v) is 16.2. The topological polar surface area (TPSA) is 80.4 Å². The van der Waals surface area contributed by atoms with E-state index in [-0.39, 0.29) is 24.4 Å². The third kappa shape index (κ3) is 7.13. The number of carbonyl (C=O) groups excluding carboxylic acids is 2. The first kappa shape index (κ1) is 31.0. The molecule has 3 aliphatic rings. The Morgan fingerprint density at radius 1 is 0.933 bits per heavy atom. The Hall–Kier alpha value is -3.99. The van der Waals surface area contributed by atoms with Gasteiger partial charge in [0.15, 0.2) is 5.11 Å². The number of piperidine rings is 1. The van der Waals surface area contributed by atoms with Gasteiger partial charge in [-0.05, 0) is 67.5 Å². The Kier molecular flexibility index (Phi) is 9.63. The van der Waals surface area contributed by atoms with E-state index in [2.05, 4.69) is 39.6 Å². The van der Waals surface area contributed by atoms with Gasteiger partial charge in [-0.15, -0.1) is 0 Å². The van der Waals surface area contributed by atoms with E-state index in [0.29, 0.717) is 57.3 Å². The summed E-state index contributed by atoms with van der Waals surface area (Å²) in [4.78, 5) is 37.2. The minimum atomic E-state index is -1.02. The summed E-state index contributed by atoms with van der Waals surface area (Å²) in [5.74, 6) is -0.262. The summed E-state index contributed by atoms with van der Waals surface area (Å²) >= 11 is 5.70. The summed E-state index contributed by atoms with van der Waals surface area (Å²) in [6.45, 7) is 5.57. The van der Waals surface area contributed by atoms with Crippen LogP contribution >= 0.6 is 12.2 Å². The Bertz CT molecular complexity index is 1460. The highest BCUT2D eigenvalue weighted by atomic mass is 32.1. The van der Waals surface area contributed by atoms with Crippen molar-refractivity contribution in [3.63, 3.8) is 0 Å². The molecular formula is C35H42N6O3S. The summed E-state index contributed by atoms with van der Waals surface area (Å²) in [6, 6.07) is 28.1. The summed E-state index contributed by atoms with van der Waals surface area (Å²) in [6.07, 6.45) is 1.07. The minimum absolute atomic E-state index is 0.00935. The highest BCUT2D eigenvalue weighted by molar-refractivity contribution is 7.80. The quantitative estimate of drug-likeness (QED) is 0.347. The van der Waals surface area contributed by atoms with E-state index in [1.54, 1.807) is 0 Å². The zero-order chi connectivity index (χ0) is 31.2. The summed E-state index contributed by atoms with van der Waals surface area (Å²) < 4.78 is 5.49. The molecular weight excluding hydrogens is 584 g/mol. The fourth-order valence-electron chi connectivity index (χ4n) is 6.53. The predicted molar refractivity (Wildman–Crippen MR) is 181 cm³/mol. The molecule has 0 bridgehead atoms. The first-order valence-electron chi connectivity index (χ1n) is 15.8. The molecule has 3 aromatic carbocycles. The Balaban J connectivity index is 1.25. The van der Waals surface area contributed by atoms with Crippen LogP contribution in [0, 0.1) is 0 Å². The van der Waals surface area contributed by atoms with Crippen LogP contribution in [0.1, 0.15) is 30.0 Å². The number of benzene rings is 3. The molecule has 0 radical (unpaired) electrons. The molecule has 236 valence electrons. The number of thiocarbonyl (C=S) groups is 1. The van der Waals surface area contributed by atoms with Gasteiger partial charge >= 0.3 is 0 Å². The van der Waals surface area contributed by atoms with Crippen molar-refractivity contribution in [3.8, 4) is 0 Å². The van der Waals surface area contributed by atoms with E-state index in [0.717, 1.165) is 35.6 Å². The van der Waals surface area contributed by atoms with E-state index in [9.17, 15) is 9.59 Å². The lowest BCUT2D eigenvalue weighted by Crippen LogP contribution is -2.64. The van der Waals surface area contributed by atoms with E-state index in [4.69, 9.17) is 17.0 Å². The van der Waals surface area contributed by atoms with Gasteiger partial charge in [0.1, 0.15) is 5.54 Å². The second kappa shape index (κ2) is 14.0. The number of likely N-dealkylation sites (tertiary alicyclic amines) is 1. The molecule has 10 heteroatoms. The van der Waals surface area contributed by atoms with Gasteiger partial charge in [0.05, 0.1) is 25.8 Å². The van der Waals surface area contributed by atoms with Crippen molar-refractivity contribution < 1.29 is 14.3 Å². The lowest BCUT2D eigenvalue weighted by molar-refractivity contribution is -0.149. The number of anilines is 2. The van der Waals surface area contributed by atoms with E-state index < -0.39 is 5.54 Å². The monoisotopic (exact) mass is 626 g/mol. The van der Waals surface area contributed by atoms with Gasteiger partial charge in [-0.1, -0.05) is 60.7 Å². The molecule has 2 amide bonds. The van der Waals surface area contributed by atoms with Gasteiger partial charge in [0.2, 0.25) is 11.8 Å². The first-order chi connectivity index (χ1) is 21.9. The SMILES string of the molecule is CN1CCC(C(=O)Nc2ccc(N3CCOCC3)cc2)(N(Cc2ccccc2)C(=O)CN2C[C@H](c3ccccc3)NC2=S)CC1. The van der Waals surface area contributed by atoms with Crippen LogP contribution in [0.15, 0.2) is 84.9 Å². The number of nitrogens with zero attached hydrogens (tertiary/aromatic N) is 4. The maximum Gasteiger partial charge on any atom is 0.250 e. The zero-order valence-electron chi connectivity index (χ0n) is 25.9. The molecule has 3 heterocycles. The third-order valence-electron chi connectivity index (χ3n) is 9.26. The number of carbonyl (C=O) groups is 2. The molecule has 9 nitrogen and oxygen atoms in total. The van der Waals surface area contributed by atoms with Gasteiger partial charge in [-0.3, -0.25) is 9.59 Å². The highest BCUT2D eigenvalue weighted by Gasteiger charge is 2.48. The number of hydrogen-bond acceptors (Lipinski definition) is 6. The van der Waals surface area contributed by atoms with Gasteiger partial charge in [-0.25, -0.2) is 0 Å². The Morgan fingerprint density at radius 3 is 2.24 bits per heavy atom. The summed E-state index contributed by atoms with van der Waals surface area (Å²) in [5.41, 5.74) is 2.92. The van der Waals surface area contributed by atoms with Gasteiger partial charge in [0, 0.05) is 50.6 Å². The number of rotatable bonds is 9. The fourth-order valence-corrected chi connectivity index (χ4v) is 6.81. The van der Waals surface area contributed by atoms with Crippen molar-refractivity contribution in [2.75, 3.05) is 69.7 Å². The van der Waals surface area contributed by atoms with E-state index >= 15 is 0 Å². The molecule has 3 fully saturated rings.